The minimum absolute atomic E-state index is 0.0705. The Morgan fingerprint density at radius 3 is 2.24 bits per heavy atom. The summed E-state index contributed by atoms with van der Waals surface area (Å²) in [5.74, 6) is -0.659. The molecule has 0 atom stereocenters. The van der Waals surface area contributed by atoms with Crippen LogP contribution < -0.4 is 16.6 Å². The molecule has 0 radical (unpaired) electrons. The molecule has 0 saturated carbocycles. The molecule has 0 aliphatic heterocycles. The Labute approximate surface area is 216 Å². The standard InChI is InChI=1S/C29H21ClFN3O3/c30-25-7-3-1-5-20(25)18-33-26-8-4-2-6-24(26)28(36)34(29(33)37)23-15-9-19(10-16-23)17-27(35)32-22-13-11-21(31)12-14-22/h1-16H,17-18H2,(H,32,35). The van der Waals surface area contributed by atoms with E-state index in [1.54, 1.807) is 54.6 Å². The van der Waals surface area contributed by atoms with Gasteiger partial charge in [-0.3, -0.25) is 14.2 Å². The van der Waals surface area contributed by atoms with Crippen molar-refractivity contribution in [3.63, 3.8) is 0 Å². The summed E-state index contributed by atoms with van der Waals surface area (Å²) in [6.07, 6.45) is 0.0705. The zero-order valence-electron chi connectivity index (χ0n) is 19.5. The van der Waals surface area contributed by atoms with E-state index in [1.165, 1.54) is 28.8 Å². The molecule has 184 valence electrons. The SMILES string of the molecule is O=C(Cc1ccc(-n2c(=O)c3ccccc3n(Cc3ccccc3Cl)c2=O)cc1)Nc1ccc(F)cc1. The van der Waals surface area contributed by atoms with E-state index in [9.17, 15) is 18.8 Å². The van der Waals surface area contributed by atoms with Gasteiger partial charge in [-0.1, -0.05) is 54.1 Å². The summed E-state index contributed by atoms with van der Waals surface area (Å²) < 4.78 is 15.7. The quantitative estimate of drug-likeness (QED) is 0.340. The van der Waals surface area contributed by atoms with Crippen LogP contribution in [0.3, 0.4) is 0 Å². The number of hydrogen-bond donors (Lipinski definition) is 1. The van der Waals surface area contributed by atoms with Crippen molar-refractivity contribution in [2.75, 3.05) is 5.32 Å². The number of carbonyl (C=O) groups excluding carboxylic acids is 1. The van der Waals surface area contributed by atoms with Crippen LogP contribution in [0.1, 0.15) is 11.1 Å². The lowest BCUT2D eigenvalue weighted by Crippen LogP contribution is -2.39. The van der Waals surface area contributed by atoms with Gasteiger partial charge in [0.1, 0.15) is 5.82 Å². The van der Waals surface area contributed by atoms with Crippen LogP contribution in [0.15, 0.2) is 107 Å². The third-order valence-corrected chi connectivity index (χ3v) is 6.39. The number of carbonyl (C=O) groups is 1. The number of amides is 1. The van der Waals surface area contributed by atoms with E-state index >= 15 is 0 Å². The molecule has 8 heteroatoms. The molecule has 1 aromatic heterocycles. The van der Waals surface area contributed by atoms with Gasteiger partial charge in [0.15, 0.2) is 0 Å². The van der Waals surface area contributed by atoms with E-state index in [4.69, 9.17) is 11.6 Å². The maximum absolute atomic E-state index is 13.6. The fourth-order valence-corrected chi connectivity index (χ4v) is 4.38. The second-order valence-electron chi connectivity index (χ2n) is 8.52. The minimum Gasteiger partial charge on any atom is -0.326 e. The molecule has 37 heavy (non-hydrogen) atoms. The number of anilines is 1. The molecule has 0 spiro atoms. The molecular weight excluding hydrogens is 493 g/mol. The lowest BCUT2D eigenvalue weighted by molar-refractivity contribution is -0.115. The number of aromatic nitrogens is 2. The first-order valence-corrected chi connectivity index (χ1v) is 11.9. The number of halogens is 2. The van der Waals surface area contributed by atoms with Crippen LogP contribution in [0.4, 0.5) is 10.1 Å². The van der Waals surface area contributed by atoms with Gasteiger partial charge in [-0.25, -0.2) is 13.8 Å². The average molecular weight is 514 g/mol. The van der Waals surface area contributed by atoms with Crippen LogP contribution in [-0.2, 0) is 17.8 Å². The first-order valence-electron chi connectivity index (χ1n) is 11.5. The number of nitrogens with zero attached hydrogens (tertiary/aromatic N) is 2. The maximum Gasteiger partial charge on any atom is 0.336 e. The average Bonchev–Trinajstić information content (AvgIpc) is 2.90. The van der Waals surface area contributed by atoms with Crippen LogP contribution in [0.2, 0.25) is 5.02 Å². The Morgan fingerprint density at radius 1 is 0.838 bits per heavy atom. The van der Waals surface area contributed by atoms with Gasteiger partial charge in [-0.05, 0) is 65.7 Å². The highest BCUT2D eigenvalue weighted by atomic mass is 35.5. The van der Waals surface area contributed by atoms with Crippen LogP contribution in [-0.4, -0.2) is 15.0 Å². The normalized spacial score (nSPS) is 11.0. The number of hydrogen-bond acceptors (Lipinski definition) is 3. The van der Waals surface area contributed by atoms with Gasteiger partial charge in [0, 0.05) is 10.7 Å². The molecule has 0 fully saturated rings. The number of benzene rings is 4. The lowest BCUT2D eigenvalue weighted by atomic mass is 10.1. The summed E-state index contributed by atoms with van der Waals surface area (Å²) in [6, 6.07) is 26.4. The van der Waals surface area contributed by atoms with Gasteiger partial charge < -0.3 is 5.32 Å². The summed E-state index contributed by atoms with van der Waals surface area (Å²) in [5.41, 5.74) is 1.91. The predicted octanol–water partition coefficient (Wildman–Crippen LogP) is 5.17. The summed E-state index contributed by atoms with van der Waals surface area (Å²) in [4.78, 5) is 39.3. The van der Waals surface area contributed by atoms with Crippen molar-refractivity contribution < 1.29 is 9.18 Å². The highest BCUT2D eigenvalue weighted by molar-refractivity contribution is 6.31. The molecule has 0 bridgehead atoms. The molecular formula is C29H21ClFN3O3. The maximum atomic E-state index is 13.6. The van der Waals surface area contributed by atoms with Gasteiger partial charge in [-0.2, -0.15) is 0 Å². The smallest absolute Gasteiger partial charge is 0.326 e. The molecule has 0 aliphatic carbocycles. The number of nitrogens with one attached hydrogen (secondary N) is 1. The van der Waals surface area contributed by atoms with Crippen LogP contribution in [0.5, 0.6) is 0 Å². The van der Waals surface area contributed by atoms with E-state index in [-0.39, 0.29) is 24.7 Å². The zero-order chi connectivity index (χ0) is 25.9. The molecule has 1 N–H and O–H groups in total. The first kappa shape index (κ1) is 24.2. The van der Waals surface area contributed by atoms with Crippen LogP contribution >= 0.6 is 11.6 Å². The largest absolute Gasteiger partial charge is 0.336 e. The predicted molar refractivity (Wildman–Crippen MR) is 143 cm³/mol. The fourth-order valence-electron chi connectivity index (χ4n) is 4.19. The Kier molecular flexibility index (Phi) is 6.70. The van der Waals surface area contributed by atoms with E-state index in [0.29, 0.717) is 32.9 Å². The van der Waals surface area contributed by atoms with Gasteiger partial charge in [0.2, 0.25) is 5.91 Å². The third-order valence-electron chi connectivity index (χ3n) is 6.02. The van der Waals surface area contributed by atoms with E-state index in [1.807, 2.05) is 18.2 Å². The van der Waals surface area contributed by atoms with Gasteiger partial charge in [0.05, 0.1) is 29.6 Å². The van der Waals surface area contributed by atoms with Crippen LogP contribution in [0, 0.1) is 5.82 Å². The molecule has 5 rings (SSSR count). The minimum atomic E-state index is -0.495. The van der Waals surface area contributed by atoms with Gasteiger partial charge in [0.25, 0.3) is 5.56 Å². The Morgan fingerprint density at radius 2 is 1.51 bits per heavy atom. The summed E-state index contributed by atoms with van der Waals surface area (Å²) >= 11 is 6.35. The van der Waals surface area contributed by atoms with E-state index < -0.39 is 11.2 Å². The summed E-state index contributed by atoms with van der Waals surface area (Å²) in [6.45, 7) is 0.195. The highest BCUT2D eigenvalue weighted by Crippen LogP contribution is 2.18. The molecule has 4 aromatic carbocycles. The number of rotatable bonds is 6. The molecule has 6 nitrogen and oxygen atoms in total. The van der Waals surface area contributed by atoms with Crippen molar-refractivity contribution in [1.82, 2.24) is 9.13 Å². The molecule has 5 aromatic rings. The second-order valence-corrected chi connectivity index (χ2v) is 8.92. The van der Waals surface area contributed by atoms with Crippen LogP contribution in [0.25, 0.3) is 16.6 Å². The summed E-state index contributed by atoms with van der Waals surface area (Å²) in [5, 5.41) is 3.64. The molecule has 0 saturated heterocycles. The van der Waals surface area contributed by atoms with Crippen molar-refractivity contribution in [2.24, 2.45) is 0 Å². The Bertz CT molecular complexity index is 1730. The molecule has 1 heterocycles. The Hall–Kier alpha value is -4.49. The highest BCUT2D eigenvalue weighted by Gasteiger charge is 2.16. The van der Waals surface area contributed by atoms with E-state index in [0.717, 1.165) is 10.1 Å². The Balaban J connectivity index is 1.48. The summed E-state index contributed by atoms with van der Waals surface area (Å²) in [7, 11) is 0. The topological polar surface area (TPSA) is 73.1 Å². The monoisotopic (exact) mass is 513 g/mol. The van der Waals surface area contributed by atoms with E-state index in [2.05, 4.69) is 5.32 Å². The first-order chi connectivity index (χ1) is 17.9. The van der Waals surface area contributed by atoms with Gasteiger partial charge >= 0.3 is 5.69 Å². The van der Waals surface area contributed by atoms with Crippen molar-refractivity contribution in [2.45, 2.75) is 13.0 Å². The van der Waals surface area contributed by atoms with Crippen molar-refractivity contribution in [1.29, 1.82) is 0 Å². The number of fused-ring (bicyclic) bond motifs is 1. The lowest BCUT2D eigenvalue weighted by Gasteiger charge is -2.15. The second kappa shape index (κ2) is 10.2. The van der Waals surface area contributed by atoms with Crippen molar-refractivity contribution in [3.8, 4) is 5.69 Å². The third kappa shape index (κ3) is 5.08. The molecule has 0 unspecified atom stereocenters. The zero-order valence-corrected chi connectivity index (χ0v) is 20.3. The molecule has 1 amide bonds. The van der Waals surface area contributed by atoms with Gasteiger partial charge in [-0.15, -0.1) is 0 Å². The fraction of sp³-hybridized carbons (Fsp3) is 0.0690. The van der Waals surface area contributed by atoms with Crippen molar-refractivity contribution >= 4 is 34.1 Å². The molecule has 0 aliphatic rings. The van der Waals surface area contributed by atoms with Crippen molar-refractivity contribution in [3.05, 3.63) is 140 Å². The number of para-hydroxylation sites is 1.